The molecule has 1 fully saturated rings. The van der Waals surface area contributed by atoms with Gasteiger partial charge in [-0.1, -0.05) is 26.0 Å². The van der Waals surface area contributed by atoms with Gasteiger partial charge in [0.1, 0.15) is 5.01 Å². The van der Waals surface area contributed by atoms with Crippen molar-refractivity contribution in [3.05, 3.63) is 45.9 Å². The lowest BCUT2D eigenvalue weighted by Gasteiger charge is -2.40. The first-order chi connectivity index (χ1) is 14.5. The fraction of sp³-hybridized carbons (Fsp3) is 0.381. The first-order valence-electron chi connectivity index (χ1n) is 9.80. The predicted octanol–water partition coefficient (Wildman–Crippen LogP) is 3.45. The van der Waals surface area contributed by atoms with E-state index in [9.17, 15) is 15.0 Å². The van der Waals surface area contributed by atoms with Crippen molar-refractivity contribution < 1.29 is 15.0 Å². The number of nitrogens with zero attached hydrogens (tertiary/aromatic N) is 3. The Morgan fingerprint density at radius 1 is 1.20 bits per heavy atom. The molecule has 0 radical (unpaired) electrons. The lowest BCUT2D eigenvalue weighted by Crippen LogP contribution is -2.52. The molecule has 3 N–H and O–H groups in total. The fourth-order valence-corrected chi connectivity index (χ4v) is 5.02. The minimum atomic E-state index is -0.221. The summed E-state index contributed by atoms with van der Waals surface area (Å²) in [6.07, 6.45) is 0. The molecule has 0 spiro atoms. The van der Waals surface area contributed by atoms with Gasteiger partial charge in [0.25, 0.3) is 0 Å². The lowest BCUT2D eigenvalue weighted by molar-refractivity contribution is -0.120. The molecule has 3 aromatic rings. The summed E-state index contributed by atoms with van der Waals surface area (Å²) in [5.74, 6) is 0.402. The summed E-state index contributed by atoms with van der Waals surface area (Å²) in [5, 5.41) is 24.5. The Morgan fingerprint density at radius 3 is 2.57 bits per heavy atom. The molecule has 1 aliphatic rings. The van der Waals surface area contributed by atoms with Gasteiger partial charge in [-0.05, 0) is 23.6 Å². The van der Waals surface area contributed by atoms with E-state index in [0.717, 1.165) is 10.6 Å². The van der Waals surface area contributed by atoms with Crippen LogP contribution in [-0.4, -0.2) is 39.2 Å². The molecule has 30 heavy (non-hydrogen) atoms. The second-order valence-corrected chi connectivity index (χ2v) is 9.52. The van der Waals surface area contributed by atoms with E-state index in [1.54, 1.807) is 0 Å². The number of rotatable bonds is 7. The van der Waals surface area contributed by atoms with Crippen LogP contribution in [0.4, 0.5) is 10.8 Å². The third kappa shape index (κ3) is 4.24. The van der Waals surface area contributed by atoms with Gasteiger partial charge in [0.15, 0.2) is 5.13 Å². The van der Waals surface area contributed by atoms with Crippen LogP contribution in [-0.2, 0) is 18.0 Å². The molecule has 7 nitrogen and oxygen atoms in total. The predicted molar refractivity (Wildman–Crippen MR) is 120 cm³/mol. The molecule has 9 heteroatoms. The van der Waals surface area contributed by atoms with Crippen LogP contribution < -0.4 is 10.2 Å². The number of anilines is 2. The maximum atomic E-state index is 12.6. The van der Waals surface area contributed by atoms with E-state index in [4.69, 9.17) is 0 Å². The van der Waals surface area contributed by atoms with Gasteiger partial charge in [-0.2, -0.15) is 0 Å². The molecule has 2 aromatic heterocycles. The van der Waals surface area contributed by atoms with Crippen LogP contribution >= 0.6 is 22.7 Å². The van der Waals surface area contributed by atoms with Gasteiger partial charge < -0.3 is 20.4 Å². The Balaban J connectivity index is 1.35. The molecule has 158 valence electrons. The third-order valence-corrected chi connectivity index (χ3v) is 7.03. The van der Waals surface area contributed by atoms with Gasteiger partial charge >= 0.3 is 0 Å². The van der Waals surface area contributed by atoms with Gasteiger partial charge in [0, 0.05) is 24.2 Å². The highest BCUT2D eigenvalue weighted by molar-refractivity contribution is 7.17. The number of nitrogens with one attached hydrogen (secondary N) is 1. The summed E-state index contributed by atoms with van der Waals surface area (Å²) in [7, 11) is 0. The van der Waals surface area contributed by atoms with E-state index in [1.165, 1.54) is 28.2 Å². The maximum absolute atomic E-state index is 12.6. The number of aliphatic hydroxyl groups is 2. The first kappa shape index (κ1) is 20.9. The standard InChI is InChI=1S/C21H24N4O3S2/c1-12(2)13-3-5-15(6-4-13)25-7-14(8-25)20(28)24-21-23-17(11-29-21)19-16(9-26)22-18(10-27)30-19/h3-6,11-12,14,26-27H,7-10H2,1-2H3,(H,23,24,28). The maximum Gasteiger partial charge on any atom is 0.232 e. The van der Waals surface area contributed by atoms with Crippen molar-refractivity contribution >= 4 is 39.4 Å². The lowest BCUT2D eigenvalue weighted by atomic mass is 9.97. The Morgan fingerprint density at radius 2 is 1.93 bits per heavy atom. The van der Waals surface area contributed by atoms with Crippen LogP contribution in [0.25, 0.3) is 10.6 Å². The molecule has 1 aromatic carbocycles. The minimum absolute atomic E-state index is 0.0336. The SMILES string of the molecule is CC(C)c1ccc(N2CC(C(=O)Nc3nc(-c4sc(CO)nc4CO)cs3)C2)cc1. The highest BCUT2D eigenvalue weighted by Crippen LogP contribution is 2.33. The van der Waals surface area contributed by atoms with Crippen molar-refractivity contribution in [1.82, 2.24) is 9.97 Å². The number of hydrogen-bond donors (Lipinski definition) is 3. The largest absolute Gasteiger partial charge is 0.390 e. The van der Waals surface area contributed by atoms with Crippen molar-refractivity contribution in [2.75, 3.05) is 23.3 Å². The molecule has 0 aliphatic carbocycles. The van der Waals surface area contributed by atoms with Gasteiger partial charge in [-0.25, -0.2) is 9.97 Å². The normalized spacial score (nSPS) is 14.2. The molecule has 0 bridgehead atoms. The van der Waals surface area contributed by atoms with Crippen LogP contribution in [0.2, 0.25) is 0 Å². The second kappa shape index (κ2) is 8.81. The number of aromatic nitrogens is 2. The van der Waals surface area contributed by atoms with Crippen LogP contribution in [0.5, 0.6) is 0 Å². The highest BCUT2D eigenvalue weighted by Gasteiger charge is 2.33. The number of hydrogen-bond acceptors (Lipinski definition) is 8. The van der Waals surface area contributed by atoms with Crippen molar-refractivity contribution in [2.45, 2.75) is 33.0 Å². The van der Waals surface area contributed by atoms with Crippen molar-refractivity contribution in [3.63, 3.8) is 0 Å². The Kier molecular flexibility index (Phi) is 6.14. The van der Waals surface area contributed by atoms with E-state index >= 15 is 0 Å². The van der Waals surface area contributed by atoms with E-state index < -0.39 is 0 Å². The van der Waals surface area contributed by atoms with Gasteiger partial charge in [-0.3, -0.25) is 4.79 Å². The fourth-order valence-electron chi connectivity index (χ4n) is 3.34. The summed E-state index contributed by atoms with van der Waals surface area (Å²) in [4.78, 5) is 24.2. The van der Waals surface area contributed by atoms with E-state index in [2.05, 4.69) is 58.3 Å². The average Bonchev–Trinajstić information content (AvgIpc) is 3.33. The van der Waals surface area contributed by atoms with Crippen molar-refractivity contribution in [3.8, 4) is 10.6 Å². The molecule has 1 saturated heterocycles. The zero-order valence-electron chi connectivity index (χ0n) is 16.8. The zero-order valence-corrected chi connectivity index (χ0v) is 18.5. The summed E-state index contributed by atoms with van der Waals surface area (Å²) in [6.45, 7) is 5.33. The molecule has 0 saturated carbocycles. The van der Waals surface area contributed by atoms with E-state index in [-0.39, 0.29) is 25.0 Å². The zero-order chi connectivity index (χ0) is 21.3. The summed E-state index contributed by atoms with van der Waals surface area (Å²) in [6, 6.07) is 8.52. The molecular formula is C21H24N4O3S2. The smallest absolute Gasteiger partial charge is 0.232 e. The first-order valence-corrected chi connectivity index (χ1v) is 11.5. The van der Waals surface area contributed by atoms with E-state index in [0.29, 0.717) is 40.5 Å². The summed E-state index contributed by atoms with van der Waals surface area (Å²) >= 11 is 2.64. The third-order valence-electron chi connectivity index (χ3n) is 5.17. The van der Waals surface area contributed by atoms with Crippen LogP contribution in [0, 0.1) is 5.92 Å². The number of aliphatic hydroxyl groups excluding tert-OH is 2. The molecule has 0 unspecified atom stereocenters. The number of benzene rings is 1. The average molecular weight is 445 g/mol. The van der Waals surface area contributed by atoms with Gasteiger partial charge in [-0.15, -0.1) is 22.7 Å². The molecule has 4 rings (SSSR count). The molecule has 3 heterocycles. The number of carbonyl (C=O) groups is 1. The molecule has 1 amide bonds. The number of amides is 1. The summed E-state index contributed by atoms with van der Waals surface area (Å²) < 4.78 is 0. The topological polar surface area (TPSA) is 98.6 Å². The highest BCUT2D eigenvalue weighted by atomic mass is 32.1. The van der Waals surface area contributed by atoms with Crippen molar-refractivity contribution in [1.29, 1.82) is 0 Å². The molecule has 0 atom stereocenters. The van der Waals surface area contributed by atoms with E-state index in [1.807, 2.05) is 5.38 Å². The van der Waals surface area contributed by atoms with Crippen molar-refractivity contribution in [2.24, 2.45) is 5.92 Å². The Bertz CT molecular complexity index is 1020. The monoisotopic (exact) mass is 444 g/mol. The minimum Gasteiger partial charge on any atom is -0.390 e. The van der Waals surface area contributed by atoms with Gasteiger partial charge in [0.05, 0.1) is 35.4 Å². The number of thiazole rings is 2. The molecular weight excluding hydrogens is 420 g/mol. The Labute approximate surface area is 183 Å². The quantitative estimate of drug-likeness (QED) is 0.516. The van der Waals surface area contributed by atoms with Gasteiger partial charge in [0.2, 0.25) is 5.91 Å². The van der Waals surface area contributed by atoms with Crippen LogP contribution in [0.15, 0.2) is 29.6 Å². The van der Waals surface area contributed by atoms with Crippen LogP contribution in [0.1, 0.15) is 36.0 Å². The summed E-state index contributed by atoms with van der Waals surface area (Å²) in [5.41, 5.74) is 3.59. The number of carbonyl (C=O) groups excluding carboxylic acids is 1. The second-order valence-electron chi connectivity index (χ2n) is 7.57. The van der Waals surface area contributed by atoms with Crippen LogP contribution in [0.3, 0.4) is 0 Å². The Hall–Kier alpha value is -2.33. The molecule has 1 aliphatic heterocycles.